The molecule has 5 heteroatoms. The van der Waals surface area contributed by atoms with Crippen molar-refractivity contribution in [2.24, 2.45) is 0 Å². The monoisotopic (exact) mass is 269 g/mol. The molecular formula is C14H27N3O2. The molecule has 5 nitrogen and oxygen atoms in total. The van der Waals surface area contributed by atoms with Crippen molar-refractivity contribution in [2.45, 2.75) is 51.6 Å². The average Bonchev–Trinajstić information content (AvgIpc) is 2.76. The molecule has 0 aromatic heterocycles. The number of likely N-dealkylation sites (tertiary alicyclic amines) is 1. The smallest absolute Gasteiger partial charge is 0.243 e. The van der Waals surface area contributed by atoms with Crippen molar-refractivity contribution in [1.82, 2.24) is 15.1 Å². The van der Waals surface area contributed by atoms with Crippen molar-refractivity contribution in [3.05, 3.63) is 0 Å². The Morgan fingerprint density at radius 1 is 1.42 bits per heavy atom. The third-order valence-electron chi connectivity index (χ3n) is 3.44. The van der Waals surface area contributed by atoms with E-state index in [0.29, 0.717) is 13.1 Å². The highest BCUT2D eigenvalue weighted by Crippen LogP contribution is 2.18. The molecule has 110 valence electrons. The standard InChI is InChI=1S/C14H27N3O2/c1-5-7-11(2)15-14(19)12-8-6-9-17(12)13(18)10-16(3)4/h11-12H,5-10H2,1-4H3,(H,15,19)/t11-,12+/m1/s1. The highest BCUT2D eigenvalue weighted by atomic mass is 16.2. The lowest BCUT2D eigenvalue weighted by Gasteiger charge is -2.26. The molecule has 0 aliphatic carbocycles. The van der Waals surface area contributed by atoms with E-state index in [1.165, 1.54) is 0 Å². The van der Waals surface area contributed by atoms with E-state index >= 15 is 0 Å². The molecule has 1 heterocycles. The summed E-state index contributed by atoms with van der Waals surface area (Å²) in [7, 11) is 3.73. The van der Waals surface area contributed by atoms with Crippen molar-refractivity contribution in [3.8, 4) is 0 Å². The summed E-state index contributed by atoms with van der Waals surface area (Å²) in [5.41, 5.74) is 0. The van der Waals surface area contributed by atoms with Gasteiger partial charge in [0.1, 0.15) is 6.04 Å². The summed E-state index contributed by atoms with van der Waals surface area (Å²) < 4.78 is 0. The van der Waals surface area contributed by atoms with Crippen molar-refractivity contribution in [2.75, 3.05) is 27.2 Å². The molecule has 1 fully saturated rings. The van der Waals surface area contributed by atoms with Crippen LogP contribution in [-0.4, -0.2) is 60.9 Å². The predicted octanol–water partition coefficient (Wildman–Crippen LogP) is 0.844. The Bertz CT molecular complexity index is 318. The quantitative estimate of drug-likeness (QED) is 0.777. The summed E-state index contributed by atoms with van der Waals surface area (Å²) >= 11 is 0. The lowest BCUT2D eigenvalue weighted by atomic mass is 10.1. The zero-order chi connectivity index (χ0) is 14.4. The van der Waals surface area contributed by atoms with Crippen LogP contribution in [-0.2, 0) is 9.59 Å². The minimum absolute atomic E-state index is 0.00514. The van der Waals surface area contributed by atoms with Gasteiger partial charge in [0.2, 0.25) is 11.8 Å². The molecule has 0 bridgehead atoms. The number of rotatable bonds is 6. The number of likely N-dealkylation sites (N-methyl/N-ethyl adjacent to an activating group) is 1. The number of carbonyl (C=O) groups is 2. The van der Waals surface area contributed by atoms with Gasteiger partial charge in [0.25, 0.3) is 0 Å². The van der Waals surface area contributed by atoms with E-state index in [1.54, 1.807) is 4.90 Å². The van der Waals surface area contributed by atoms with Gasteiger partial charge in [0, 0.05) is 12.6 Å². The normalized spacial score (nSPS) is 20.7. The lowest BCUT2D eigenvalue weighted by molar-refractivity contribution is -0.139. The van der Waals surface area contributed by atoms with Crippen LogP contribution in [0.15, 0.2) is 0 Å². The molecule has 1 aliphatic heterocycles. The van der Waals surface area contributed by atoms with E-state index in [-0.39, 0.29) is 23.9 Å². The fraction of sp³-hybridized carbons (Fsp3) is 0.857. The molecular weight excluding hydrogens is 242 g/mol. The molecule has 2 atom stereocenters. The van der Waals surface area contributed by atoms with Crippen LogP contribution < -0.4 is 5.32 Å². The number of carbonyl (C=O) groups excluding carboxylic acids is 2. The van der Waals surface area contributed by atoms with Crippen LogP contribution in [0.2, 0.25) is 0 Å². The first kappa shape index (κ1) is 16.0. The van der Waals surface area contributed by atoms with Crippen molar-refractivity contribution < 1.29 is 9.59 Å². The molecule has 0 aromatic rings. The number of hydrogen-bond acceptors (Lipinski definition) is 3. The summed E-state index contributed by atoms with van der Waals surface area (Å²) in [6.45, 7) is 5.19. The molecule has 19 heavy (non-hydrogen) atoms. The summed E-state index contributed by atoms with van der Waals surface area (Å²) in [5, 5.41) is 3.01. The van der Waals surface area contributed by atoms with Gasteiger partial charge in [-0.05, 0) is 40.3 Å². The van der Waals surface area contributed by atoms with Crippen LogP contribution in [0.5, 0.6) is 0 Å². The first-order valence-corrected chi connectivity index (χ1v) is 7.20. The van der Waals surface area contributed by atoms with Gasteiger partial charge in [-0.2, -0.15) is 0 Å². The zero-order valence-corrected chi connectivity index (χ0v) is 12.6. The third kappa shape index (κ3) is 4.82. The van der Waals surface area contributed by atoms with Crippen LogP contribution in [0.4, 0.5) is 0 Å². The van der Waals surface area contributed by atoms with Crippen LogP contribution in [0.1, 0.15) is 39.5 Å². The SMILES string of the molecule is CCC[C@@H](C)NC(=O)[C@@H]1CCCN1C(=O)CN(C)C. The van der Waals surface area contributed by atoms with Crippen molar-refractivity contribution in [3.63, 3.8) is 0 Å². The maximum atomic E-state index is 12.2. The van der Waals surface area contributed by atoms with Gasteiger partial charge in [0.05, 0.1) is 6.54 Å². The summed E-state index contributed by atoms with van der Waals surface area (Å²) in [6.07, 6.45) is 3.72. The Labute approximate surface area is 116 Å². The number of nitrogens with zero attached hydrogens (tertiary/aromatic N) is 2. The molecule has 1 rings (SSSR count). The van der Waals surface area contributed by atoms with Gasteiger partial charge in [-0.3, -0.25) is 9.59 Å². The fourth-order valence-corrected chi connectivity index (χ4v) is 2.54. The van der Waals surface area contributed by atoms with E-state index < -0.39 is 0 Å². The lowest BCUT2D eigenvalue weighted by Crippen LogP contribution is -2.50. The van der Waals surface area contributed by atoms with E-state index in [1.807, 2.05) is 25.9 Å². The first-order valence-electron chi connectivity index (χ1n) is 7.20. The van der Waals surface area contributed by atoms with E-state index in [0.717, 1.165) is 25.7 Å². The highest BCUT2D eigenvalue weighted by Gasteiger charge is 2.34. The van der Waals surface area contributed by atoms with Gasteiger partial charge >= 0.3 is 0 Å². The zero-order valence-electron chi connectivity index (χ0n) is 12.6. The minimum Gasteiger partial charge on any atom is -0.352 e. The van der Waals surface area contributed by atoms with E-state index in [2.05, 4.69) is 12.2 Å². The van der Waals surface area contributed by atoms with Crippen LogP contribution in [0.3, 0.4) is 0 Å². The molecule has 0 saturated carbocycles. The average molecular weight is 269 g/mol. The topological polar surface area (TPSA) is 52.7 Å². The molecule has 0 unspecified atom stereocenters. The Morgan fingerprint density at radius 3 is 2.68 bits per heavy atom. The number of nitrogens with one attached hydrogen (secondary N) is 1. The Kier molecular flexibility index (Phi) is 6.28. The predicted molar refractivity (Wildman–Crippen MR) is 75.8 cm³/mol. The molecule has 1 N–H and O–H groups in total. The van der Waals surface area contributed by atoms with E-state index in [9.17, 15) is 9.59 Å². The second-order valence-corrected chi connectivity index (χ2v) is 5.68. The Morgan fingerprint density at radius 2 is 2.11 bits per heavy atom. The van der Waals surface area contributed by atoms with Gasteiger partial charge in [-0.25, -0.2) is 0 Å². The minimum atomic E-state index is -0.272. The summed E-state index contributed by atoms with van der Waals surface area (Å²) in [5.74, 6) is 0.0522. The van der Waals surface area contributed by atoms with Gasteiger partial charge in [0.15, 0.2) is 0 Å². The molecule has 1 aliphatic rings. The highest BCUT2D eigenvalue weighted by molar-refractivity contribution is 5.89. The second-order valence-electron chi connectivity index (χ2n) is 5.68. The Balaban J connectivity index is 2.55. The number of amides is 2. The van der Waals surface area contributed by atoms with Gasteiger partial charge in [-0.15, -0.1) is 0 Å². The molecule has 1 saturated heterocycles. The molecule has 0 aromatic carbocycles. The van der Waals surface area contributed by atoms with E-state index in [4.69, 9.17) is 0 Å². The largest absolute Gasteiger partial charge is 0.352 e. The van der Waals surface area contributed by atoms with Crippen LogP contribution in [0.25, 0.3) is 0 Å². The maximum Gasteiger partial charge on any atom is 0.243 e. The third-order valence-corrected chi connectivity index (χ3v) is 3.44. The molecule has 2 amide bonds. The summed E-state index contributed by atoms with van der Waals surface area (Å²) in [6, 6.07) is -0.0874. The summed E-state index contributed by atoms with van der Waals surface area (Å²) in [4.78, 5) is 27.9. The fourth-order valence-electron chi connectivity index (χ4n) is 2.54. The first-order chi connectivity index (χ1) is 8.95. The Hall–Kier alpha value is -1.10. The molecule has 0 radical (unpaired) electrons. The van der Waals surface area contributed by atoms with Crippen LogP contribution >= 0.6 is 0 Å². The maximum absolute atomic E-state index is 12.2. The van der Waals surface area contributed by atoms with Gasteiger partial charge in [-0.1, -0.05) is 13.3 Å². The number of hydrogen-bond donors (Lipinski definition) is 1. The van der Waals surface area contributed by atoms with Gasteiger partial charge < -0.3 is 15.1 Å². The van der Waals surface area contributed by atoms with Crippen LogP contribution in [0, 0.1) is 0 Å². The molecule has 0 spiro atoms. The van der Waals surface area contributed by atoms with Crippen molar-refractivity contribution in [1.29, 1.82) is 0 Å². The van der Waals surface area contributed by atoms with Crippen molar-refractivity contribution >= 4 is 11.8 Å². The second kappa shape index (κ2) is 7.48.